The van der Waals surface area contributed by atoms with E-state index in [4.69, 9.17) is 5.11 Å². The van der Waals surface area contributed by atoms with Crippen LogP contribution in [0, 0.1) is 11.8 Å². The minimum absolute atomic E-state index is 0.336. The van der Waals surface area contributed by atoms with Crippen molar-refractivity contribution in [1.29, 1.82) is 0 Å². The smallest absolute Gasteiger partial charge is 0.310 e. The Morgan fingerprint density at radius 1 is 1.42 bits per heavy atom. The van der Waals surface area contributed by atoms with Gasteiger partial charge >= 0.3 is 5.97 Å². The first-order valence-corrected chi connectivity index (χ1v) is 4.36. The first kappa shape index (κ1) is 11.2. The lowest BCUT2D eigenvalue weighted by Gasteiger charge is -2.13. The molecular weight excluding hydrogens is 152 g/mol. The van der Waals surface area contributed by atoms with Gasteiger partial charge in [-0.2, -0.15) is 0 Å². The van der Waals surface area contributed by atoms with Crippen LogP contribution in [0.3, 0.4) is 0 Å². The van der Waals surface area contributed by atoms with Crippen LogP contribution in [0.25, 0.3) is 0 Å². The molecule has 0 heterocycles. The number of rotatable bonds is 4. The molecule has 1 atom stereocenters. The average Bonchev–Trinajstić information content (AvgIpc) is 1.98. The van der Waals surface area contributed by atoms with E-state index >= 15 is 0 Å². The van der Waals surface area contributed by atoms with Crippen molar-refractivity contribution in [1.82, 2.24) is 0 Å². The topological polar surface area (TPSA) is 37.3 Å². The van der Waals surface area contributed by atoms with Crippen LogP contribution in [0.4, 0.5) is 0 Å². The lowest BCUT2D eigenvalue weighted by molar-refractivity contribution is -0.139. The zero-order chi connectivity index (χ0) is 9.72. The maximum Gasteiger partial charge on any atom is 0.310 e. The Bertz CT molecular complexity index is 180. The van der Waals surface area contributed by atoms with Crippen LogP contribution >= 0.6 is 0 Å². The summed E-state index contributed by atoms with van der Waals surface area (Å²) < 4.78 is 0. The summed E-state index contributed by atoms with van der Waals surface area (Å²) in [6, 6.07) is 0. The van der Waals surface area contributed by atoms with Crippen molar-refractivity contribution in [2.24, 2.45) is 11.8 Å². The number of allylic oxidation sites excluding steroid dienone is 1. The second kappa shape index (κ2) is 4.96. The number of aliphatic carboxylic acids is 1. The Morgan fingerprint density at radius 2 is 1.92 bits per heavy atom. The molecule has 1 unspecified atom stereocenters. The van der Waals surface area contributed by atoms with Gasteiger partial charge in [-0.15, -0.1) is 0 Å². The van der Waals surface area contributed by atoms with E-state index in [0.29, 0.717) is 5.92 Å². The largest absolute Gasteiger partial charge is 0.481 e. The molecule has 0 spiro atoms. The highest BCUT2D eigenvalue weighted by molar-refractivity contribution is 5.73. The molecule has 0 aliphatic heterocycles. The Kier molecular flexibility index (Phi) is 4.64. The Labute approximate surface area is 74.3 Å². The summed E-state index contributed by atoms with van der Waals surface area (Å²) in [5.74, 6) is -0.542. The molecule has 1 N–H and O–H groups in total. The minimum atomic E-state index is -0.733. The van der Waals surface area contributed by atoms with E-state index in [1.807, 2.05) is 13.0 Å². The van der Waals surface area contributed by atoms with Crippen LogP contribution in [0.15, 0.2) is 11.6 Å². The molecule has 0 aromatic heterocycles. The monoisotopic (exact) mass is 170 g/mol. The van der Waals surface area contributed by atoms with Crippen LogP contribution in [0.2, 0.25) is 0 Å². The van der Waals surface area contributed by atoms with Gasteiger partial charge in [0.1, 0.15) is 0 Å². The molecule has 0 saturated carbocycles. The molecule has 0 aromatic rings. The predicted molar refractivity (Wildman–Crippen MR) is 50.0 cm³/mol. The number of carboxylic acid groups (broad SMARTS) is 1. The third-order valence-electron chi connectivity index (χ3n) is 1.94. The number of hydrogen-bond acceptors (Lipinski definition) is 1. The van der Waals surface area contributed by atoms with Crippen LogP contribution in [0.5, 0.6) is 0 Å². The first-order valence-electron chi connectivity index (χ1n) is 4.36. The highest BCUT2D eigenvalue weighted by atomic mass is 16.4. The summed E-state index contributed by atoms with van der Waals surface area (Å²) in [6.45, 7) is 7.83. The molecule has 0 aliphatic carbocycles. The van der Waals surface area contributed by atoms with E-state index < -0.39 is 5.97 Å². The van der Waals surface area contributed by atoms with Gasteiger partial charge in [0.15, 0.2) is 0 Å². The van der Waals surface area contributed by atoms with E-state index in [-0.39, 0.29) is 5.92 Å². The van der Waals surface area contributed by atoms with Crippen molar-refractivity contribution in [3.8, 4) is 0 Å². The molecule has 0 rings (SSSR count). The lowest BCUT2D eigenvalue weighted by Crippen LogP contribution is -2.13. The molecule has 0 radical (unpaired) electrons. The highest BCUT2D eigenvalue weighted by Crippen LogP contribution is 2.19. The van der Waals surface area contributed by atoms with E-state index in [1.54, 1.807) is 6.92 Å². The predicted octanol–water partition coefficient (Wildman–Crippen LogP) is 2.70. The number of carbonyl (C=O) groups is 1. The Hall–Kier alpha value is -0.790. The Morgan fingerprint density at radius 3 is 2.17 bits per heavy atom. The van der Waals surface area contributed by atoms with Gasteiger partial charge in [0.25, 0.3) is 0 Å². The lowest BCUT2D eigenvalue weighted by atomic mass is 9.93. The van der Waals surface area contributed by atoms with E-state index in [0.717, 1.165) is 12.0 Å². The zero-order valence-electron chi connectivity index (χ0n) is 8.29. The van der Waals surface area contributed by atoms with Gasteiger partial charge < -0.3 is 5.11 Å². The van der Waals surface area contributed by atoms with Gasteiger partial charge in [-0.25, -0.2) is 0 Å². The molecule has 0 aliphatic rings. The van der Waals surface area contributed by atoms with Crippen molar-refractivity contribution in [2.45, 2.75) is 34.1 Å². The third-order valence-corrected chi connectivity index (χ3v) is 1.94. The van der Waals surface area contributed by atoms with Crippen molar-refractivity contribution in [2.75, 3.05) is 0 Å². The van der Waals surface area contributed by atoms with Crippen LogP contribution in [-0.4, -0.2) is 11.1 Å². The normalized spacial score (nSPS) is 14.9. The van der Waals surface area contributed by atoms with Gasteiger partial charge in [0.2, 0.25) is 0 Å². The highest BCUT2D eigenvalue weighted by Gasteiger charge is 2.16. The average molecular weight is 170 g/mol. The molecule has 0 amide bonds. The fraction of sp³-hybridized carbons (Fsp3) is 0.700. The molecule has 0 fully saturated rings. The molecular formula is C10H18O2. The third kappa shape index (κ3) is 3.56. The fourth-order valence-corrected chi connectivity index (χ4v) is 1.17. The van der Waals surface area contributed by atoms with Crippen LogP contribution in [-0.2, 0) is 4.79 Å². The van der Waals surface area contributed by atoms with Crippen LogP contribution < -0.4 is 0 Å². The summed E-state index contributed by atoms with van der Waals surface area (Å²) in [4.78, 5) is 10.6. The molecule has 2 nitrogen and oxygen atoms in total. The molecule has 70 valence electrons. The molecule has 0 aromatic carbocycles. The maximum atomic E-state index is 10.6. The number of hydrogen-bond donors (Lipinski definition) is 1. The van der Waals surface area contributed by atoms with Crippen molar-refractivity contribution < 1.29 is 9.90 Å². The first-order chi connectivity index (χ1) is 5.49. The van der Waals surface area contributed by atoms with Crippen molar-refractivity contribution >= 4 is 5.97 Å². The Balaban J connectivity index is 4.27. The fourth-order valence-electron chi connectivity index (χ4n) is 1.17. The summed E-state index contributed by atoms with van der Waals surface area (Å²) in [6.07, 6.45) is 2.79. The second-order valence-corrected chi connectivity index (χ2v) is 3.52. The van der Waals surface area contributed by atoms with Gasteiger partial charge in [0.05, 0.1) is 5.92 Å². The van der Waals surface area contributed by atoms with E-state index in [9.17, 15) is 4.79 Å². The van der Waals surface area contributed by atoms with Gasteiger partial charge in [0, 0.05) is 0 Å². The molecule has 0 saturated heterocycles. The van der Waals surface area contributed by atoms with Crippen molar-refractivity contribution in [3.05, 3.63) is 11.6 Å². The van der Waals surface area contributed by atoms with E-state index in [2.05, 4.69) is 13.8 Å². The summed E-state index contributed by atoms with van der Waals surface area (Å²) in [5.41, 5.74) is 1.03. The zero-order valence-corrected chi connectivity index (χ0v) is 8.29. The number of carboxylic acids is 1. The summed E-state index contributed by atoms with van der Waals surface area (Å²) >= 11 is 0. The SMILES string of the molecule is CC=C(CC(C)C)C(C)C(=O)O. The maximum absolute atomic E-state index is 10.6. The summed E-state index contributed by atoms with van der Waals surface area (Å²) in [5, 5.41) is 8.76. The standard InChI is InChI=1S/C10H18O2/c1-5-9(6-7(2)3)8(4)10(11)12/h5,7-8H,6H2,1-4H3,(H,11,12). The summed E-state index contributed by atoms with van der Waals surface area (Å²) in [7, 11) is 0. The van der Waals surface area contributed by atoms with E-state index in [1.165, 1.54) is 0 Å². The quantitative estimate of drug-likeness (QED) is 0.659. The molecule has 0 bridgehead atoms. The van der Waals surface area contributed by atoms with Gasteiger partial charge in [-0.1, -0.05) is 25.5 Å². The van der Waals surface area contributed by atoms with Gasteiger partial charge in [-0.3, -0.25) is 4.79 Å². The van der Waals surface area contributed by atoms with Crippen molar-refractivity contribution in [3.63, 3.8) is 0 Å². The molecule has 2 heteroatoms. The molecule has 12 heavy (non-hydrogen) atoms. The van der Waals surface area contributed by atoms with Gasteiger partial charge in [-0.05, 0) is 26.2 Å². The van der Waals surface area contributed by atoms with Crippen LogP contribution in [0.1, 0.15) is 34.1 Å². The second-order valence-electron chi connectivity index (χ2n) is 3.52. The minimum Gasteiger partial charge on any atom is -0.481 e.